The highest BCUT2D eigenvalue weighted by molar-refractivity contribution is 5.87. The summed E-state index contributed by atoms with van der Waals surface area (Å²) in [6, 6.07) is 11.7. The first-order valence-electron chi connectivity index (χ1n) is 6.29. The van der Waals surface area contributed by atoms with E-state index in [0.29, 0.717) is 25.6 Å². The van der Waals surface area contributed by atoms with Crippen molar-refractivity contribution < 1.29 is 19.7 Å². The molecule has 4 nitrogen and oxygen atoms in total. The van der Waals surface area contributed by atoms with Gasteiger partial charge < -0.3 is 19.7 Å². The molecule has 0 bridgehead atoms. The zero-order valence-electron chi connectivity index (χ0n) is 10.7. The molecule has 0 saturated heterocycles. The van der Waals surface area contributed by atoms with Crippen molar-refractivity contribution in [2.45, 2.75) is 6.61 Å². The fraction of sp³-hybridized carbons (Fsp3) is 0.333. The van der Waals surface area contributed by atoms with E-state index in [-0.39, 0.29) is 13.2 Å². The van der Waals surface area contributed by atoms with Gasteiger partial charge in [0.05, 0.1) is 26.4 Å². The first-order valence-corrected chi connectivity index (χ1v) is 6.29. The molecule has 102 valence electrons. The van der Waals surface area contributed by atoms with Crippen molar-refractivity contribution in [1.29, 1.82) is 0 Å². The van der Waals surface area contributed by atoms with Crippen molar-refractivity contribution >= 4 is 10.8 Å². The summed E-state index contributed by atoms with van der Waals surface area (Å²) in [5.41, 5.74) is 0.792. The van der Waals surface area contributed by atoms with Crippen LogP contribution < -0.4 is 4.74 Å². The van der Waals surface area contributed by atoms with E-state index in [9.17, 15) is 5.11 Å². The van der Waals surface area contributed by atoms with E-state index >= 15 is 0 Å². The molecular formula is C15H18O4. The maximum atomic E-state index is 9.51. The lowest BCUT2D eigenvalue weighted by Gasteiger charge is -2.12. The Morgan fingerprint density at radius 2 is 1.74 bits per heavy atom. The first kappa shape index (κ1) is 13.8. The van der Waals surface area contributed by atoms with Crippen LogP contribution in [0, 0.1) is 0 Å². The smallest absolute Gasteiger partial charge is 0.125 e. The molecule has 0 radical (unpaired) electrons. The number of ether oxygens (including phenoxy) is 2. The Balaban J connectivity index is 2.10. The van der Waals surface area contributed by atoms with E-state index in [1.165, 1.54) is 0 Å². The van der Waals surface area contributed by atoms with Crippen LogP contribution in [-0.2, 0) is 11.3 Å². The molecule has 0 aromatic heterocycles. The van der Waals surface area contributed by atoms with Gasteiger partial charge >= 0.3 is 0 Å². The molecule has 0 amide bonds. The summed E-state index contributed by atoms with van der Waals surface area (Å²) in [4.78, 5) is 0. The number of hydrogen-bond donors (Lipinski definition) is 2. The van der Waals surface area contributed by atoms with Crippen LogP contribution in [0.1, 0.15) is 5.56 Å². The van der Waals surface area contributed by atoms with Crippen molar-refractivity contribution in [3.05, 3.63) is 42.0 Å². The van der Waals surface area contributed by atoms with E-state index in [1.807, 2.05) is 36.4 Å². The molecule has 4 heteroatoms. The highest BCUT2D eigenvalue weighted by atomic mass is 16.5. The lowest BCUT2D eigenvalue weighted by molar-refractivity contribution is 0.0700. The lowest BCUT2D eigenvalue weighted by Crippen LogP contribution is -2.10. The van der Waals surface area contributed by atoms with Crippen LogP contribution in [0.5, 0.6) is 5.75 Å². The number of benzene rings is 2. The fourth-order valence-corrected chi connectivity index (χ4v) is 1.99. The number of fused-ring (bicyclic) bond motifs is 1. The highest BCUT2D eigenvalue weighted by Gasteiger charge is 2.07. The standard InChI is InChI=1S/C15H18O4/c16-7-8-18-9-10-19-15-6-5-12-3-1-2-4-13(12)14(15)11-17/h1-6,16-17H,7-11H2. The normalized spacial score (nSPS) is 10.8. The monoisotopic (exact) mass is 262 g/mol. The van der Waals surface area contributed by atoms with E-state index in [1.54, 1.807) is 0 Å². The van der Waals surface area contributed by atoms with E-state index in [2.05, 4.69) is 0 Å². The molecular weight excluding hydrogens is 244 g/mol. The second-order valence-electron chi connectivity index (χ2n) is 4.11. The summed E-state index contributed by atoms with van der Waals surface area (Å²) >= 11 is 0. The van der Waals surface area contributed by atoms with Crippen molar-refractivity contribution in [2.75, 3.05) is 26.4 Å². The van der Waals surface area contributed by atoms with Crippen LogP contribution in [0.15, 0.2) is 36.4 Å². The maximum Gasteiger partial charge on any atom is 0.125 e. The average Bonchev–Trinajstić information content (AvgIpc) is 2.46. The van der Waals surface area contributed by atoms with Crippen LogP contribution in [-0.4, -0.2) is 36.6 Å². The summed E-state index contributed by atoms with van der Waals surface area (Å²) in [6.45, 7) is 1.07. The van der Waals surface area contributed by atoms with Crippen LogP contribution >= 0.6 is 0 Å². The SMILES string of the molecule is OCCOCCOc1ccc2ccccc2c1CO. The molecule has 0 spiro atoms. The molecule has 0 saturated carbocycles. The lowest BCUT2D eigenvalue weighted by atomic mass is 10.0. The van der Waals surface area contributed by atoms with E-state index in [0.717, 1.165) is 16.3 Å². The zero-order valence-corrected chi connectivity index (χ0v) is 10.7. The molecule has 0 atom stereocenters. The van der Waals surface area contributed by atoms with Crippen molar-refractivity contribution in [3.63, 3.8) is 0 Å². The van der Waals surface area contributed by atoms with Gasteiger partial charge in [0.2, 0.25) is 0 Å². The number of hydrogen-bond acceptors (Lipinski definition) is 4. The van der Waals surface area contributed by atoms with Crippen LogP contribution in [0.2, 0.25) is 0 Å². The first-order chi connectivity index (χ1) is 9.36. The third-order valence-electron chi connectivity index (χ3n) is 2.88. The number of aliphatic hydroxyl groups is 2. The molecule has 2 rings (SSSR count). The van der Waals surface area contributed by atoms with Crippen molar-refractivity contribution in [1.82, 2.24) is 0 Å². The van der Waals surface area contributed by atoms with Gasteiger partial charge in [-0.25, -0.2) is 0 Å². The Labute approximate surface area is 112 Å². The van der Waals surface area contributed by atoms with Gasteiger partial charge in [-0.2, -0.15) is 0 Å². The second-order valence-corrected chi connectivity index (χ2v) is 4.11. The molecule has 0 aliphatic rings. The Bertz CT molecular complexity index is 525. The number of aliphatic hydroxyl groups excluding tert-OH is 2. The summed E-state index contributed by atoms with van der Waals surface area (Å²) in [5.74, 6) is 0.675. The third kappa shape index (κ3) is 3.44. The van der Waals surface area contributed by atoms with Crippen LogP contribution in [0.25, 0.3) is 10.8 Å². The largest absolute Gasteiger partial charge is 0.491 e. The average molecular weight is 262 g/mol. The topological polar surface area (TPSA) is 58.9 Å². The molecule has 0 unspecified atom stereocenters. The minimum Gasteiger partial charge on any atom is -0.491 e. The van der Waals surface area contributed by atoms with E-state index in [4.69, 9.17) is 14.6 Å². The Hall–Kier alpha value is -1.62. The Morgan fingerprint density at radius 3 is 2.53 bits per heavy atom. The minimum atomic E-state index is -0.0613. The predicted octanol–water partition coefficient (Wildman–Crippen LogP) is 1.72. The van der Waals surface area contributed by atoms with Gasteiger partial charge in [-0.1, -0.05) is 30.3 Å². The van der Waals surface area contributed by atoms with Gasteiger partial charge in [-0.05, 0) is 16.8 Å². The van der Waals surface area contributed by atoms with Gasteiger partial charge in [0.1, 0.15) is 12.4 Å². The maximum absolute atomic E-state index is 9.51. The van der Waals surface area contributed by atoms with Crippen LogP contribution in [0.4, 0.5) is 0 Å². The van der Waals surface area contributed by atoms with Gasteiger partial charge in [0.25, 0.3) is 0 Å². The summed E-state index contributed by atoms with van der Waals surface area (Å²) in [6.07, 6.45) is 0. The predicted molar refractivity (Wildman–Crippen MR) is 73.3 cm³/mol. The Morgan fingerprint density at radius 1 is 0.895 bits per heavy atom. The molecule has 0 aliphatic carbocycles. The summed E-state index contributed by atoms with van der Waals surface area (Å²) < 4.78 is 10.7. The molecule has 0 heterocycles. The Kier molecular flexibility index (Phi) is 5.15. The summed E-state index contributed by atoms with van der Waals surface area (Å²) in [5, 5.41) is 20.2. The van der Waals surface area contributed by atoms with Crippen LogP contribution in [0.3, 0.4) is 0 Å². The fourth-order valence-electron chi connectivity index (χ4n) is 1.99. The van der Waals surface area contributed by atoms with Gasteiger partial charge in [-0.3, -0.25) is 0 Å². The molecule has 2 aromatic carbocycles. The zero-order chi connectivity index (χ0) is 13.5. The molecule has 2 aromatic rings. The quantitative estimate of drug-likeness (QED) is 0.746. The van der Waals surface area contributed by atoms with Crippen molar-refractivity contribution in [2.24, 2.45) is 0 Å². The molecule has 0 aliphatic heterocycles. The highest BCUT2D eigenvalue weighted by Crippen LogP contribution is 2.28. The van der Waals surface area contributed by atoms with Gasteiger partial charge in [-0.15, -0.1) is 0 Å². The molecule has 2 N–H and O–H groups in total. The van der Waals surface area contributed by atoms with Crippen molar-refractivity contribution in [3.8, 4) is 5.75 Å². The van der Waals surface area contributed by atoms with Gasteiger partial charge in [0, 0.05) is 5.56 Å². The third-order valence-corrected chi connectivity index (χ3v) is 2.88. The van der Waals surface area contributed by atoms with Gasteiger partial charge in [0.15, 0.2) is 0 Å². The number of rotatable bonds is 7. The second kappa shape index (κ2) is 7.09. The summed E-state index contributed by atoms with van der Waals surface area (Å²) in [7, 11) is 0. The molecule has 0 fully saturated rings. The van der Waals surface area contributed by atoms with E-state index < -0.39 is 0 Å². The minimum absolute atomic E-state index is 0.0118. The molecule has 19 heavy (non-hydrogen) atoms.